The Kier molecular flexibility index (Phi) is 4.36. The van der Waals surface area contributed by atoms with Crippen LogP contribution in [0.3, 0.4) is 0 Å². The molecule has 116 valence electrons. The van der Waals surface area contributed by atoms with Gasteiger partial charge in [-0.15, -0.1) is 0 Å². The van der Waals surface area contributed by atoms with E-state index in [0.717, 1.165) is 25.7 Å². The van der Waals surface area contributed by atoms with Gasteiger partial charge in [0.05, 0.1) is 10.7 Å². The predicted molar refractivity (Wildman–Crippen MR) is 87.6 cm³/mol. The molecule has 1 aliphatic carbocycles. The second kappa shape index (κ2) is 6.26. The first-order valence-corrected chi connectivity index (χ1v) is 9.11. The first-order chi connectivity index (χ1) is 10.6. The highest BCUT2D eigenvalue weighted by atomic mass is 35.5. The summed E-state index contributed by atoms with van der Waals surface area (Å²) in [4.78, 5) is 4.05. The summed E-state index contributed by atoms with van der Waals surface area (Å²) < 4.78 is 27.7. The van der Waals surface area contributed by atoms with E-state index in [0.29, 0.717) is 10.7 Å². The van der Waals surface area contributed by atoms with E-state index < -0.39 is 10.0 Å². The van der Waals surface area contributed by atoms with E-state index in [2.05, 4.69) is 4.98 Å². The molecule has 6 heteroatoms. The summed E-state index contributed by atoms with van der Waals surface area (Å²) in [7, 11) is -3.67. The molecule has 1 heterocycles. The summed E-state index contributed by atoms with van der Waals surface area (Å²) in [6.07, 6.45) is 6.65. The van der Waals surface area contributed by atoms with Gasteiger partial charge in [-0.2, -0.15) is 0 Å². The predicted octanol–water partition coefficient (Wildman–Crippen LogP) is 3.87. The highest BCUT2D eigenvalue weighted by Gasteiger charge is 2.33. The maximum atomic E-state index is 13.1. The summed E-state index contributed by atoms with van der Waals surface area (Å²) in [6, 6.07) is 10.7. The van der Waals surface area contributed by atoms with Crippen LogP contribution in [0.4, 0.5) is 5.69 Å². The quantitative estimate of drug-likeness (QED) is 0.851. The third kappa shape index (κ3) is 2.96. The number of anilines is 1. The molecule has 2 aromatic rings. The Morgan fingerprint density at radius 3 is 2.41 bits per heavy atom. The monoisotopic (exact) mass is 336 g/mol. The molecule has 3 rings (SSSR count). The maximum Gasteiger partial charge on any atom is 0.266 e. The van der Waals surface area contributed by atoms with Crippen molar-refractivity contribution in [2.75, 3.05) is 4.31 Å². The average molecular weight is 337 g/mol. The molecular weight excluding hydrogens is 320 g/mol. The van der Waals surface area contributed by atoms with Crippen molar-refractivity contribution in [1.29, 1.82) is 0 Å². The smallest absolute Gasteiger partial charge is 0.263 e. The highest BCUT2D eigenvalue weighted by molar-refractivity contribution is 7.92. The van der Waals surface area contributed by atoms with Crippen molar-refractivity contribution in [1.82, 2.24) is 4.98 Å². The van der Waals surface area contributed by atoms with Gasteiger partial charge in [0, 0.05) is 18.4 Å². The van der Waals surface area contributed by atoms with Gasteiger partial charge in [0.1, 0.15) is 4.90 Å². The Balaban J connectivity index is 2.08. The van der Waals surface area contributed by atoms with Crippen LogP contribution in [0.25, 0.3) is 0 Å². The third-order valence-corrected chi connectivity index (χ3v) is 5.96. The van der Waals surface area contributed by atoms with Gasteiger partial charge in [-0.1, -0.05) is 42.6 Å². The van der Waals surface area contributed by atoms with Gasteiger partial charge in [-0.3, -0.25) is 9.29 Å². The van der Waals surface area contributed by atoms with E-state index in [4.69, 9.17) is 11.6 Å². The molecule has 22 heavy (non-hydrogen) atoms. The number of para-hydroxylation sites is 1. The molecule has 0 N–H and O–H groups in total. The number of sulfonamides is 1. The first kappa shape index (κ1) is 15.3. The molecular formula is C16H17ClN2O2S. The molecule has 0 unspecified atom stereocenters. The minimum atomic E-state index is -3.67. The lowest BCUT2D eigenvalue weighted by Crippen LogP contribution is -2.39. The molecule has 0 saturated heterocycles. The zero-order valence-corrected chi connectivity index (χ0v) is 13.6. The fourth-order valence-electron chi connectivity index (χ4n) is 2.91. The minimum Gasteiger partial charge on any atom is -0.263 e. The van der Waals surface area contributed by atoms with Crippen molar-refractivity contribution in [2.45, 2.75) is 36.6 Å². The molecule has 1 aromatic carbocycles. The van der Waals surface area contributed by atoms with Crippen molar-refractivity contribution in [2.24, 2.45) is 0 Å². The molecule has 0 bridgehead atoms. The fraction of sp³-hybridized carbons (Fsp3) is 0.312. The number of hydrogen-bond acceptors (Lipinski definition) is 3. The molecule has 0 aliphatic heterocycles. The molecule has 0 radical (unpaired) electrons. The van der Waals surface area contributed by atoms with Crippen LogP contribution in [-0.4, -0.2) is 19.4 Å². The third-order valence-electron chi connectivity index (χ3n) is 3.90. The number of pyridine rings is 1. The molecule has 0 atom stereocenters. The summed E-state index contributed by atoms with van der Waals surface area (Å²) >= 11 is 5.92. The van der Waals surface area contributed by atoms with Crippen molar-refractivity contribution >= 4 is 27.3 Å². The van der Waals surface area contributed by atoms with E-state index in [1.165, 1.54) is 22.8 Å². The second-order valence-corrected chi connectivity index (χ2v) is 7.66. The van der Waals surface area contributed by atoms with E-state index in [-0.39, 0.29) is 10.9 Å². The van der Waals surface area contributed by atoms with Gasteiger partial charge in [0.2, 0.25) is 0 Å². The summed E-state index contributed by atoms with van der Waals surface area (Å²) in [6.45, 7) is 0. The van der Waals surface area contributed by atoms with Crippen LogP contribution in [0.2, 0.25) is 5.02 Å². The van der Waals surface area contributed by atoms with Crippen molar-refractivity contribution in [3.63, 3.8) is 0 Å². The Bertz CT molecular complexity index is 744. The van der Waals surface area contributed by atoms with E-state index in [1.807, 2.05) is 30.3 Å². The molecule has 1 aromatic heterocycles. The lowest BCUT2D eigenvalue weighted by molar-refractivity contribution is 0.574. The number of aromatic nitrogens is 1. The highest BCUT2D eigenvalue weighted by Crippen LogP contribution is 2.33. The number of halogens is 1. The molecule has 0 spiro atoms. The van der Waals surface area contributed by atoms with Gasteiger partial charge < -0.3 is 0 Å². The standard InChI is InChI=1S/C16H17ClN2O2S/c17-13-10-16(12-18-11-13)22(20,21)19(15-8-4-5-9-15)14-6-2-1-3-7-14/h1-3,6-7,10-12,15H,4-5,8-9H2. The lowest BCUT2D eigenvalue weighted by Gasteiger charge is -2.30. The van der Waals surface area contributed by atoms with Crippen molar-refractivity contribution in [3.8, 4) is 0 Å². The van der Waals surface area contributed by atoms with E-state index >= 15 is 0 Å². The van der Waals surface area contributed by atoms with Gasteiger partial charge in [0.15, 0.2) is 0 Å². The van der Waals surface area contributed by atoms with Crippen molar-refractivity contribution < 1.29 is 8.42 Å². The summed E-state index contributed by atoms with van der Waals surface area (Å²) in [5.41, 5.74) is 0.689. The molecule has 1 aliphatic rings. The summed E-state index contributed by atoms with van der Waals surface area (Å²) in [5.74, 6) is 0. The zero-order chi connectivity index (χ0) is 15.6. The normalized spacial score (nSPS) is 15.9. The fourth-order valence-corrected chi connectivity index (χ4v) is 4.84. The van der Waals surface area contributed by atoms with Gasteiger partial charge in [0.25, 0.3) is 10.0 Å². The summed E-state index contributed by atoms with van der Waals surface area (Å²) in [5, 5.41) is 0.320. The number of hydrogen-bond donors (Lipinski definition) is 0. The van der Waals surface area contributed by atoms with Crippen LogP contribution >= 0.6 is 11.6 Å². The maximum absolute atomic E-state index is 13.1. The number of benzene rings is 1. The number of rotatable bonds is 4. The van der Waals surface area contributed by atoms with Gasteiger partial charge in [-0.05, 0) is 31.0 Å². The van der Waals surface area contributed by atoms with E-state index in [9.17, 15) is 8.42 Å². The van der Waals surface area contributed by atoms with Crippen LogP contribution in [0.1, 0.15) is 25.7 Å². The van der Waals surface area contributed by atoms with E-state index in [1.54, 1.807) is 0 Å². The Morgan fingerprint density at radius 2 is 1.77 bits per heavy atom. The first-order valence-electron chi connectivity index (χ1n) is 7.29. The SMILES string of the molecule is O=S(=O)(c1cncc(Cl)c1)N(c1ccccc1)C1CCCC1. The number of nitrogens with zero attached hydrogens (tertiary/aromatic N) is 2. The molecule has 0 amide bonds. The lowest BCUT2D eigenvalue weighted by atomic mass is 10.2. The van der Waals surface area contributed by atoms with Crippen LogP contribution in [0.15, 0.2) is 53.7 Å². The average Bonchev–Trinajstić information content (AvgIpc) is 3.02. The zero-order valence-electron chi connectivity index (χ0n) is 12.0. The molecule has 1 saturated carbocycles. The van der Waals surface area contributed by atoms with Gasteiger partial charge >= 0.3 is 0 Å². The Morgan fingerprint density at radius 1 is 1.09 bits per heavy atom. The van der Waals surface area contributed by atoms with Crippen LogP contribution in [0.5, 0.6) is 0 Å². The largest absolute Gasteiger partial charge is 0.266 e. The Labute approximate surface area is 135 Å². The van der Waals surface area contributed by atoms with Gasteiger partial charge in [-0.25, -0.2) is 8.42 Å². The van der Waals surface area contributed by atoms with Crippen LogP contribution < -0.4 is 4.31 Å². The Hall–Kier alpha value is -1.59. The van der Waals surface area contributed by atoms with Crippen LogP contribution in [-0.2, 0) is 10.0 Å². The molecule has 4 nitrogen and oxygen atoms in total. The molecule has 1 fully saturated rings. The van der Waals surface area contributed by atoms with Crippen molar-refractivity contribution in [3.05, 3.63) is 53.8 Å². The topological polar surface area (TPSA) is 50.3 Å². The second-order valence-electron chi connectivity index (χ2n) is 5.41. The minimum absolute atomic E-state index is 0.00798. The van der Waals surface area contributed by atoms with Crippen LogP contribution in [0, 0.1) is 0 Å².